The third-order valence-electron chi connectivity index (χ3n) is 3.74. The van der Waals surface area contributed by atoms with Crippen LogP contribution in [0.2, 0.25) is 0 Å². The summed E-state index contributed by atoms with van der Waals surface area (Å²) in [5, 5.41) is 1.08. The van der Waals surface area contributed by atoms with Gasteiger partial charge in [0.25, 0.3) is 0 Å². The fourth-order valence-electron chi connectivity index (χ4n) is 2.57. The molecule has 0 saturated carbocycles. The number of aryl methyl sites for hydroxylation is 1. The minimum absolute atomic E-state index is 0.110. The van der Waals surface area contributed by atoms with Crippen LogP contribution in [-0.2, 0) is 7.05 Å². The van der Waals surface area contributed by atoms with Gasteiger partial charge in [-0.2, -0.15) is 11.8 Å². The molecule has 0 saturated heterocycles. The Morgan fingerprint density at radius 3 is 2.85 bits per heavy atom. The molecular weight excluding hydrogens is 266 g/mol. The van der Waals surface area contributed by atoms with Gasteiger partial charge in [0, 0.05) is 35.6 Å². The Kier molecular flexibility index (Phi) is 5.30. The molecule has 2 aromatic rings. The predicted octanol–water partition coefficient (Wildman–Crippen LogP) is 4.53. The van der Waals surface area contributed by atoms with Crippen LogP contribution in [0.3, 0.4) is 0 Å². The number of rotatable bonds is 7. The Bertz CT molecular complexity index is 588. The Balaban J connectivity index is 2.11. The first-order valence-corrected chi connectivity index (χ1v) is 8.46. The fraction of sp³-hybridized carbons (Fsp3) is 0.471. The van der Waals surface area contributed by atoms with Crippen LogP contribution in [0, 0.1) is 5.92 Å². The summed E-state index contributed by atoms with van der Waals surface area (Å²) in [6, 6.07) is 8.13. The Morgan fingerprint density at radius 1 is 1.35 bits per heavy atom. The lowest BCUT2D eigenvalue weighted by atomic mass is 9.95. The second-order valence-electron chi connectivity index (χ2n) is 5.28. The summed E-state index contributed by atoms with van der Waals surface area (Å²) in [7, 11) is 2.00. The number of Topliss-reactive ketones (excluding diaryl/α,β-unsaturated/α-hetero) is 1. The first kappa shape index (κ1) is 15.2. The van der Waals surface area contributed by atoms with E-state index in [9.17, 15) is 4.79 Å². The molecule has 2 nitrogen and oxygen atoms in total. The summed E-state index contributed by atoms with van der Waals surface area (Å²) in [6.45, 7) is 4.23. The number of carbonyl (C=O) groups is 1. The van der Waals surface area contributed by atoms with Crippen molar-refractivity contribution in [2.45, 2.75) is 26.7 Å². The first-order valence-electron chi connectivity index (χ1n) is 7.31. The monoisotopic (exact) mass is 289 g/mol. The normalized spacial score (nSPS) is 12.8. The van der Waals surface area contributed by atoms with Crippen molar-refractivity contribution >= 4 is 28.4 Å². The molecule has 1 aromatic carbocycles. The van der Waals surface area contributed by atoms with Crippen molar-refractivity contribution in [3.8, 4) is 0 Å². The molecule has 0 aliphatic heterocycles. The van der Waals surface area contributed by atoms with E-state index in [1.54, 1.807) is 0 Å². The van der Waals surface area contributed by atoms with E-state index in [0.717, 1.165) is 40.8 Å². The Morgan fingerprint density at radius 2 is 2.10 bits per heavy atom. The van der Waals surface area contributed by atoms with Crippen LogP contribution in [0.15, 0.2) is 30.5 Å². The van der Waals surface area contributed by atoms with Crippen molar-refractivity contribution in [1.82, 2.24) is 4.57 Å². The van der Waals surface area contributed by atoms with Gasteiger partial charge >= 0.3 is 0 Å². The van der Waals surface area contributed by atoms with Gasteiger partial charge in [-0.25, -0.2) is 0 Å². The Hall–Kier alpha value is -1.22. The lowest BCUT2D eigenvalue weighted by Crippen LogP contribution is -2.11. The largest absolute Gasteiger partial charge is 0.350 e. The number of hydrogen-bond donors (Lipinski definition) is 0. The molecule has 3 heteroatoms. The van der Waals surface area contributed by atoms with Crippen molar-refractivity contribution in [3.63, 3.8) is 0 Å². The van der Waals surface area contributed by atoms with Crippen LogP contribution >= 0.6 is 11.8 Å². The van der Waals surface area contributed by atoms with Gasteiger partial charge in [0.1, 0.15) is 0 Å². The highest BCUT2D eigenvalue weighted by Gasteiger charge is 2.19. The third kappa shape index (κ3) is 3.26. The van der Waals surface area contributed by atoms with E-state index in [2.05, 4.69) is 19.9 Å². The van der Waals surface area contributed by atoms with E-state index in [4.69, 9.17) is 0 Å². The van der Waals surface area contributed by atoms with Gasteiger partial charge in [-0.05, 0) is 30.4 Å². The maximum atomic E-state index is 12.6. The number of carbonyl (C=O) groups excluding carboxylic acids is 1. The molecule has 0 radical (unpaired) electrons. The van der Waals surface area contributed by atoms with Crippen LogP contribution in [-0.4, -0.2) is 21.9 Å². The molecule has 108 valence electrons. The van der Waals surface area contributed by atoms with Gasteiger partial charge in [0.15, 0.2) is 5.78 Å². The highest BCUT2D eigenvalue weighted by Crippen LogP contribution is 2.24. The van der Waals surface area contributed by atoms with Gasteiger partial charge in [-0.3, -0.25) is 4.79 Å². The molecule has 0 N–H and O–H groups in total. The molecule has 1 atom stereocenters. The van der Waals surface area contributed by atoms with Gasteiger partial charge in [-0.1, -0.05) is 32.0 Å². The number of benzene rings is 1. The van der Waals surface area contributed by atoms with Gasteiger partial charge in [-0.15, -0.1) is 0 Å². The van der Waals surface area contributed by atoms with Crippen LogP contribution < -0.4 is 0 Å². The molecule has 1 heterocycles. The minimum atomic E-state index is 0.110. The van der Waals surface area contributed by atoms with Gasteiger partial charge in [0.2, 0.25) is 0 Å². The number of aromatic nitrogens is 1. The zero-order chi connectivity index (χ0) is 14.5. The Labute approximate surface area is 125 Å². The van der Waals surface area contributed by atoms with E-state index in [0.29, 0.717) is 0 Å². The number of para-hydroxylation sites is 1. The molecule has 0 bridgehead atoms. The molecule has 0 aliphatic rings. The van der Waals surface area contributed by atoms with Gasteiger partial charge in [0.05, 0.1) is 0 Å². The van der Waals surface area contributed by atoms with E-state index in [-0.39, 0.29) is 11.7 Å². The molecular formula is C17H23NOS. The topological polar surface area (TPSA) is 22.0 Å². The minimum Gasteiger partial charge on any atom is -0.350 e. The third-order valence-corrected chi connectivity index (χ3v) is 4.73. The molecule has 20 heavy (non-hydrogen) atoms. The average Bonchev–Trinajstić information content (AvgIpc) is 2.80. The highest BCUT2D eigenvalue weighted by molar-refractivity contribution is 7.99. The highest BCUT2D eigenvalue weighted by atomic mass is 32.2. The molecule has 0 amide bonds. The zero-order valence-electron chi connectivity index (χ0n) is 12.6. The predicted molar refractivity (Wildman–Crippen MR) is 88.6 cm³/mol. The van der Waals surface area contributed by atoms with Crippen LogP contribution in [0.25, 0.3) is 10.9 Å². The van der Waals surface area contributed by atoms with E-state index in [1.807, 2.05) is 47.8 Å². The second kappa shape index (κ2) is 6.98. The van der Waals surface area contributed by atoms with Crippen molar-refractivity contribution in [2.75, 3.05) is 11.5 Å². The van der Waals surface area contributed by atoms with Crippen LogP contribution in [0.4, 0.5) is 0 Å². The summed E-state index contributed by atoms with van der Waals surface area (Å²) in [5.74, 6) is 2.71. The van der Waals surface area contributed by atoms with Crippen LogP contribution in [0.5, 0.6) is 0 Å². The summed E-state index contributed by atoms with van der Waals surface area (Å²) in [4.78, 5) is 12.6. The molecule has 1 unspecified atom stereocenters. The molecule has 2 rings (SSSR count). The van der Waals surface area contributed by atoms with Crippen molar-refractivity contribution in [3.05, 3.63) is 36.0 Å². The summed E-state index contributed by atoms with van der Waals surface area (Å²) >= 11 is 1.95. The molecule has 0 aliphatic carbocycles. The number of hydrogen-bond acceptors (Lipinski definition) is 2. The van der Waals surface area contributed by atoms with E-state index in [1.165, 1.54) is 0 Å². The second-order valence-corrected chi connectivity index (χ2v) is 6.67. The van der Waals surface area contributed by atoms with Gasteiger partial charge < -0.3 is 4.57 Å². The summed E-state index contributed by atoms with van der Waals surface area (Å²) in [5.41, 5.74) is 2.00. The molecule has 0 fully saturated rings. The molecule has 1 aromatic heterocycles. The lowest BCUT2D eigenvalue weighted by Gasteiger charge is -2.09. The summed E-state index contributed by atoms with van der Waals surface area (Å²) < 4.78 is 2.04. The molecule has 0 spiro atoms. The van der Waals surface area contributed by atoms with Crippen molar-refractivity contribution in [2.24, 2.45) is 13.0 Å². The fourth-order valence-corrected chi connectivity index (χ4v) is 3.23. The quantitative estimate of drug-likeness (QED) is 0.552. The standard InChI is InChI=1S/C17H23NOS/c1-4-20-11-7-8-13(2)17(19)15-12-18(3)16-10-6-5-9-14(15)16/h5-6,9-10,12-13H,4,7-8,11H2,1-3H3. The SMILES string of the molecule is CCSCCCC(C)C(=O)c1cn(C)c2ccccc12. The van der Waals surface area contributed by atoms with Crippen molar-refractivity contribution in [1.29, 1.82) is 0 Å². The smallest absolute Gasteiger partial charge is 0.167 e. The van der Waals surface area contributed by atoms with E-state index < -0.39 is 0 Å². The number of thioether (sulfide) groups is 1. The average molecular weight is 289 g/mol. The first-order chi connectivity index (χ1) is 9.65. The maximum absolute atomic E-state index is 12.6. The van der Waals surface area contributed by atoms with E-state index >= 15 is 0 Å². The maximum Gasteiger partial charge on any atom is 0.167 e. The number of nitrogens with zero attached hydrogens (tertiary/aromatic N) is 1. The lowest BCUT2D eigenvalue weighted by molar-refractivity contribution is 0.0925. The number of fused-ring (bicyclic) bond motifs is 1. The van der Waals surface area contributed by atoms with Crippen LogP contribution in [0.1, 0.15) is 37.0 Å². The summed E-state index contributed by atoms with van der Waals surface area (Å²) in [6.07, 6.45) is 4.08. The van der Waals surface area contributed by atoms with Crippen molar-refractivity contribution < 1.29 is 4.79 Å². The zero-order valence-corrected chi connectivity index (χ0v) is 13.4. The number of ketones is 1.